The topological polar surface area (TPSA) is 0 Å². The predicted octanol–water partition coefficient (Wildman–Crippen LogP) is 6.24. The van der Waals surface area contributed by atoms with Gasteiger partial charge in [-0.25, -0.2) is 0 Å². The van der Waals surface area contributed by atoms with Crippen LogP contribution in [0.3, 0.4) is 0 Å². The van der Waals surface area contributed by atoms with E-state index in [1.807, 2.05) is 43.3 Å². The zero-order valence-corrected chi connectivity index (χ0v) is 12.1. The van der Waals surface area contributed by atoms with E-state index in [4.69, 9.17) is 0 Å². The monoisotopic (exact) mass is 254 g/mol. The van der Waals surface area contributed by atoms with Gasteiger partial charge in [-0.15, -0.1) is 13.2 Å². The lowest BCUT2D eigenvalue weighted by molar-refractivity contribution is 1.58. The average molecular weight is 254 g/mol. The van der Waals surface area contributed by atoms with Crippen molar-refractivity contribution in [2.75, 3.05) is 0 Å². The molecule has 0 amide bonds. The van der Waals surface area contributed by atoms with Gasteiger partial charge in [-0.1, -0.05) is 93.1 Å². The third-order valence-corrected chi connectivity index (χ3v) is 1.55. The minimum Gasteiger partial charge on any atom is -0.106 e. The first-order valence-electron chi connectivity index (χ1n) is 5.81. The second-order valence-corrected chi connectivity index (χ2v) is 3.14. The Morgan fingerprint density at radius 2 is 1.26 bits per heavy atom. The van der Waals surface area contributed by atoms with E-state index in [1.165, 1.54) is 5.56 Å². The first-order chi connectivity index (χ1) is 9.12. The second kappa shape index (κ2) is 21.0. The predicted molar refractivity (Wildman–Crippen MR) is 93.2 cm³/mol. The first kappa shape index (κ1) is 21.9. The van der Waals surface area contributed by atoms with Gasteiger partial charge < -0.3 is 0 Å². The van der Waals surface area contributed by atoms with E-state index in [1.54, 1.807) is 18.2 Å². The van der Waals surface area contributed by atoms with Crippen LogP contribution >= 0.6 is 0 Å². The van der Waals surface area contributed by atoms with E-state index in [2.05, 4.69) is 46.1 Å². The van der Waals surface area contributed by atoms with Crippen molar-refractivity contribution in [3.63, 3.8) is 0 Å². The quantitative estimate of drug-likeness (QED) is 0.442. The summed E-state index contributed by atoms with van der Waals surface area (Å²) < 4.78 is 0. The summed E-state index contributed by atoms with van der Waals surface area (Å²) in [4.78, 5) is 0. The summed E-state index contributed by atoms with van der Waals surface area (Å²) in [6.07, 6.45) is 6.83. The molecule has 0 aliphatic rings. The molecule has 0 saturated heterocycles. The van der Waals surface area contributed by atoms with Crippen molar-refractivity contribution in [1.29, 1.82) is 0 Å². The van der Waals surface area contributed by atoms with Crippen molar-refractivity contribution < 1.29 is 0 Å². The summed E-state index contributed by atoms with van der Waals surface area (Å²) >= 11 is 0. The fourth-order valence-electron chi connectivity index (χ4n) is 0.589. The van der Waals surface area contributed by atoms with E-state index in [0.29, 0.717) is 0 Å². The molecule has 0 heteroatoms. The highest BCUT2D eigenvalue weighted by Crippen LogP contribution is 1.97. The molecule has 0 atom stereocenters. The molecule has 0 bridgehead atoms. The maximum atomic E-state index is 3.63. The van der Waals surface area contributed by atoms with Gasteiger partial charge in [0.25, 0.3) is 0 Å². The molecule has 0 aromatic heterocycles. The van der Waals surface area contributed by atoms with Crippen molar-refractivity contribution in [3.05, 3.63) is 106 Å². The van der Waals surface area contributed by atoms with Gasteiger partial charge in [0.15, 0.2) is 0 Å². The molecular weight excluding hydrogens is 228 g/mol. The SMILES string of the molecule is C=C.C=CC(=C)C.C=CC=C.C=Cc1ccccc1. The number of hydrogen-bond donors (Lipinski definition) is 0. The number of rotatable bonds is 3. The van der Waals surface area contributed by atoms with Gasteiger partial charge in [-0.3, -0.25) is 0 Å². The fraction of sp³-hybridized carbons (Fsp3) is 0.0526. The van der Waals surface area contributed by atoms with Crippen LogP contribution in [0.15, 0.2) is 100 Å². The third-order valence-electron chi connectivity index (χ3n) is 1.55. The maximum Gasteiger partial charge on any atom is -0.0263 e. The lowest BCUT2D eigenvalue weighted by Gasteiger charge is -1.85. The molecule has 0 heterocycles. The van der Waals surface area contributed by atoms with Crippen LogP contribution in [-0.4, -0.2) is 0 Å². The van der Waals surface area contributed by atoms with Crippen LogP contribution in [0.5, 0.6) is 0 Å². The van der Waals surface area contributed by atoms with Gasteiger partial charge in [0, 0.05) is 0 Å². The number of hydrogen-bond acceptors (Lipinski definition) is 0. The van der Waals surface area contributed by atoms with Crippen LogP contribution in [0.4, 0.5) is 0 Å². The van der Waals surface area contributed by atoms with Crippen LogP contribution in [0.25, 0.3) is 6.08 Å². The molecule has 1 rings (SSSR count). The van der Waals surface area contributed by atoms with E-state index >= 15 is 0 Å². The van der Waals surface area contributed by atoms with Crippen molar-refractivity contribution in [2.24, 2.45) is 0 Å². The van der Waals surface area contributed by atoms with Crippen molar-refractivity contribution in [1.82, 2.24) is 0 Å². The molecule has 1 aromatic rings. The Labute approximate surface area is 119 Å². The molecule has 0 nitrogen and oxygen atoms in total. The summed E-state index contributed by atoms with van der Waals surface area (Å²) in [7, 11) is 0. The summed E-state index contributed by atoms with van der Waals surface area (Å²) in [6.45, 7) is 25.3. The zero-order chi connectivity index (χ0) is 15.5. The molecule has 0 spiro atoms. The molecule has 0 unspecified atom stereocenters. The molecule has 0 N–H and O–H groups in total. The Morgan fingerprint density at radius 1 is 0.895 bits per heavy atom. The summed E-state index contributed by atoms with van der Waals surface area (Å²) in [5.41, 5.74) is 2.19. The minimum atomic E-state index is 1.02. The van der Waals surface area contributed by atoms with Crippen LogP contribution in [-0.2, 0) is 0 Å². The lowest BCUT2D eigenvalue weighted by atomic mass is 10.2. The Hall–Kier alpha value is -2.34. The van der Waals surface area contributed by atoms with Crippen LogP contribution in [0, 0.1) is 0 Å². The molecule has 102 valence electrons. The largest absolute Gasteiger partial charge is 0.106 e. The average Bonchev–Trinajstić information content (AvgIpc) is 2.50. The smallest absolute Gasteiger partial charge is 0.0263 e. The van der Waals surface area contributed by atoms with Crippen molar-refractivity contribution >= 4 is 6.08 Å². The summed E-state index contributed by atoms with van der Waals surface area (Å²) in [5.74, 6) is 0. The van der Waals surface area contributed by atoms with E-state index in [-0.39, 0.29) is 0 Å². The molecule has 0 saturated carbocycles. The van der Waals surface area contributed by atoms with Gasteiger partial charge in [0.1, 0.15) is 0 Å². The number of benzene rings is 1. The molecule has 0 aliphatic carbocycles. The van der Waals surface area contributed by atoms with E-state index in [0.717, 1.165) is 5.57 Å². The van der Waals surface area contributed by atoms with E-state index in [9.17, 15) is 0 Å². The van der Waals surface area contributed by atoms with Gasteiger partial charge in [-0.05, 0) is 12.5 Å². The molecular formula is C19H26. The van der Waals surface area contributed by atoms with Gasteiger partial charge in [0.05, 0.1) is 0 Å². The molecule has 1 aromatic carbocycles. The standard InChI is InChI=1S/C8H8.C5H8.C4H6.C2H4/c1-2-8-6-4-3-5-7-8;1-4-5(2)3;1-3-4-2;1-2/h2-7H,1H2;4H,1-2H2,3H3;3-4H,1-2H2;1-2H2. The number of allylic oxidation sites excluding steroid dienone is 4. The Morgan fingerprint density at radius 3 is 1.42 bits per heavy atom. The van der Waals surface area contributed by atoms with Gasteiger partial charge >= 0.3 is 0 Å². The Bertz CT molecular complexity index is 349. The highest BCUT2D eigenvalue weighted by Gasteiger charge is 1.75. The van der Waals surface area contributed by atoms with Crippen molar-refractivity contribution in [3.8, 4) is 0 Å². The minimum absolute atomic E-state index is 1.02. The van der Waals surface area contributed by atoms with Crippen LogP contribution in [0.2, 0.25) is 0 Å². The fourth-order valence-corrected chi connectivity index (χ4v) is 0.589. The summed E-state index contributed by atoms with van der Waals surface area (Å²) in [6, 6.07) is 10.0. The van der Waals surface area contributed by atoms with Crippen molar-refractivity contribution in [2.45, 2.75) is 6.92 Å². The highest BCUT2D eigenvalue weighted by atomic mass is 13.8. The van der Waals surface area contributed by atoms with E-state index < -0.39 is 0 Å². The Balaban J connectivity index is -0.000000203. The van der Waals surface area contributed by atoms with Crippen LogP contribution < -0.4 is 0 Å². The molecule has 0 fully saturated rings. The zero-order valence-electron chi connectivity index (χ0n) is 12.1. The normalized spacial score (nSPS) is 6.58. The third kappa shape index (κ3) is 25.7. The first-order valence-corrected chi connectivity index (χ1v) is 5.81. The molecule has 0 aliphatic heterocycles. The maximum absolute atomic E-state index is 3.63. The highest BCUT2D eigenvalue weighted by molar-refractivity contribution is 5.45. The van der Waals surface area contributed by atoms with Gasteiger partial charge in [0.2, 0.25) is 0 Å². The molecule has 19 heavy (non-hydrogen) atoms. The molecule has 0 radical (unpaired) electrons. The van der Waals surface area contributed by atoms with Crippen LogP contribution in [0.1, 0.15) is 12.5 Å². The lowest BCUT2D eigenvalue weighted by Crippen LogP contribution is -1.63. The Kier molecular flexibility index (Phi) is 24.2. The summed E-state index contributed by atoms with van der Waals surface area (Å²) in [5, 5.41) is 0. The van der Waals surface area contributed by atoms with Gasteiger partial charge in [-0.2, -0.15) is 0 Å². The second-order valence-electron chi connectivity index (χ2n) is 3.14.